The summed E-state index contributed by atoms with van der Waals surface area (Å²) in [7, 11) is -2.14. The average Bonchev–Trinajstić information content (AvgIpc) is 2.33. The van der Waals surface area contributed by atoms with Gasteiger partial charge in [-0.1, -0.05) is 41.5 Å². The first-order valence-corrected chi connectivity index (χ1v) is 9.02. The normalized spacial score (nSPS) is 13.1. The molecule has 5 heteroatoms. The molecule has 0 rings (SSSR count). The number of nitrogens with two attached hydrogens (primary N) is 1. The molecule has 0 aromatic rings. The Bertz CT molecular complexity index is 158. The summed E-state index contributed by atoms with van der Waals surface area (Å²) in [6.45, 7) is 19.5. The predicted octanol–water partition coefficient (Wildman–Crippen LogP) is 1.41. The van der Waals surface area contributed by atoms with Crippen LogP contribution in [0, 0.1) is 0 Å². The van der Waals surface area contributed by atoms with Crippen molar-refractivity contribution in [1.29, 1.82) is 0 Å². The molecule has 0 aromatic heterocycles. The Balaban J connectivity index is 5.29. The molecule has 4 nitrogen and oxygen atoms in total. The number of hydrogen-bond donors (Lipinski definition) is 1. The Morgan fingerprint density at radius 1 is 0.588 bits per heavy atom. The lowest BCUT2D eigenvalue weighted by atomic mass is 10.6. The van der Waals surface area contributed by atoms with Crippen molar-refractivity contribution in [2.24, 2.45) is 5.40 Å². The lowest BCUT2D eigenvalue weighted by Crippen LogP contribution is -2.81. The fourth-order valence-electron chi connectivity index (χ4n) is 2.67. The van der Waals surface area contributed by atoms with Gasteiger partial charge in [0.15, 0.2) is 0 Å². The van der Waals surface area contributed by atoms with Crippen molar-refractivity contribution in [3.63, 3.8) is 0 Å². The Morgan fingerprint density at radius 3 is 0.882 bits per heavy atom. The SMILES string of the molecule is CCN(CC)[Si](N)(N(CC)CC)N(CC)CC. The topological polar surface area (TPSA) is 35.7 Å². The third-order valence-corrected chi connectivity index (χ3v) is 8.38. The van der Waals surface area contributed by atoms with Crippen molar-refractivity contribution in [3.05, 3.63) is 0 Å². The van der Waals surface area contributed by atoms with E-state index in [0.717, 1.165) is 39.3 Å². The molecule has 0 atom stereocenters. The molecule has 0 amide bonds. The Hall–Kier alpha value is 0.0569. The van der Waals surface area contributed by atoms with Gasteiger partial charge in [0, 0.05) is 0 Å². The summed E-state index contributed by atoms with van der Waals surface area (Å²) in [6.07, 6.45) is 0. The highest BCUT2D eigenvalue weighted by Gasteiger charge is 2.45. The summed E-state index contributed by atoms with van der Waals surface area (Å²) in [5, 5.41) is 6.91. The molecular formula is C12H32N4Si. The zero-order chi connectivity index (χ0) is 13.5. The quantitative estimate of drug-likeness (QED) is 0.636. The minimum atomic E-state index is -2.14. The van der Waals surface area contributed by atoms with Crippen LogP contribution in [0.2, 0.25) is 0 Å². The van der Waals surface area contributed by atoms with Gasteiger partial charge in [-0.3, -0.25) is 13.7 Å². The summed E-state index contributed by atoms with van der Waals surface area (Å²) in [4.78, 5) is 0. The van der Waals surface area contributed by atoms with Gasteiger partial charge in [0.05, 0.1) is 0 Å². The summed E-state index contributed by atoms with van der Waals surface area (Å²) in [5.41, 5.74) is 0. The zero-order valence-electron chi connectivity index (χ0n) is 12.7. The molecule has 0 saturated heterocycles. The van der Waals surface area contributed by atoms with Gasteiger partial charge in [-0.2, -0.15) is 0 Å². The zero-order valence-corrected chi connectivity index (χ0v) is 13.7. The van der Waals surface area contributed by atoms with Crippen molar-refractivity contribution < 1.29 is 0 Å². The van der Waals surface area contributed by atoms with E-state index >= 15 is 0 Å². The molecule has 0 aliphatic rings. The smallest absolute Gasteiger partial charge is 0.314 e. The third-order valence-electron chi connectivity index (χ3n) is 3.69. The molecule has 0 heterocycles. The maximum absolute atomic E-state index is 6.91. The van der Waals surface area contributed by atoms with Gasteiger partial charge in [0.1, 0.15) is 0 Å². The van der Waals surface area contributed by atoms with E-state index in [1.54, 1.807) is 0 Å². The molecule has 0 radical (unpaired) electrons. The maximum Gasteiger partial charge on any atom is 0.371 e. The molecule has 0 bridgehead atoms. The Labute approximate surface area is 109 Å². The van der Waals surface area contributed by atoms with Gasteiger partial charge < -0.3 is 5.40 Å². The summed E-state index contributed by atoms with van der Waals surface area (Å²) >= 11 is 0. The first-order chi connectivity index (χ1) is 8.06. The van der Waals surface area contributed by atoms with Gasteiger partial charge in [0.25, 0.3) is 0 Å². The minimum Gasteiger partial charge on any atom is -0.314 e. The largest absolute Gasteiger partial charge is 0.371 e. The Morgan fingerprint density at radius 2 is 0.765 bits per heavy atom. The fraction of sp³-hybridized carbons (Fsp3) is 1.00. The molecule has 0 aliphatic heterocycles. The third kappa shape index (κ3) is 3.51. The monoisotopic (exact) mass is 260 g/mol. The Kier molecular flexibility index (Phi) is 8.24. The standard InChI is InChI=1S/C12H32N4Si/c1-7-14(8-2)17(13,15(9-3)10-4)16(11-5)12-6/h7-13H2,1-6H3. The minimum absolute atomic E-state index is 1.03. The van der Waals surface area contributed by atoms with Gasteiger partial charge in [-0.25, -0.2) is 0 Å². The molecule has 104 valence electrons. The van der Waals surface area contributed by atoms with E-state index in [0.29, 0.717) is 0 Å². The van der Waals surface area contributed by atoms with Crippen LogP contribution in [0.4, 0.5) is 0 Å². The highest BCUT2D eigenvalue weighted by molar-refractivity contribution is 6.68. The highest BCUT2D eigenvalue weighted by Crippen LogP contribution is 2.14. The van der Waals surface area contributed by atoms with Gasteiger partial charge >= 0.3 is 8.72 Å². The number of hydrogen-bond acceptors (Lipinski definition) is 4. The van der Waals surface area contributed by atoms with Crippen LogP contribution in [0.5, 0.6) is 0 Å². The molecule has 17 heavy (non-hydrogen) atoms. The van der Waals surface area contributed by atoms with Crippen LogP contribution in [-0.4, -0.2) is 61.7 Å². The summed E-state index contributed by atoms with van der Waals surface area (Å²) in [6, 6.07) is 0. The van der Waals surface area contributed by atoms with Crippen LogP contribution < -0.4 is 5.40 Å². The van der Waals surface area contributed by atoms with Crippen LogP contribution in [0.1, 0.15) is 41.5 Å². The van der Waals surface area contributed by atoms with Crippen molar-refractivity contribution in [1.82, 2.24) is 13.7 Å². The molecule has 0 fully saturated rings. The summed E-state index contributed by atoms with van der Waals surface area (Å²) in [5.74, 6) is 0. The number of nitrogens with zero attached hydrogens (tertiary/aromatic N) is 3. The van der Waals surface area contributed by atoms with E-state index in [2.05, 4.69) is 55.2 Å². The second kappa shape index (κ2) is 8.21. The number of rotatable bonds is 9. The van der Waals surface area contributed by atoms with E-state index in [9.17, 15) is 0 Å². The highest BCUT2D eigenvalue weighted by atomic mass is 28.4. The first kappa shape index (κ1) is 17.1. The second-order valence-electron chi connectivity index (χ2n) is 4.20. The van der Waals surface area contributed by atoms with Crippen molar-refractivity contribution in [2.75, 3.05) is 39.3 Å². The van der Waals surface area contributed by atoms with Gasteiger partial charge in [-0.05, 0) is 39.3 Å². The van der Waals surface area contributed by atoms with Gasteiger partial charge in [-0.15, -0.1) is 0 Å². The average molecular weight is 261 g/mol. The molecule has 0 unspecified atom stereocenters. The van der Waals surface area contributed by atoms with E-state index < -0.39 is 8.72 Å². The van der Waals surface area contributed by atoms with Crippen molar-refractivity contribution in [3.8, 4) is 0 Å². The molecular weight excluding hydrogens is 228 g/mol. The van der Waals surface area contributed by atoms with Gasteiger partial charge in [0.2, 0.25) is 0 Å². The molecule has 0 spiro atoms. The van der Waals surface area contributed by atoms with Crippen molar-refractivity contribution in [2.45, 2.75) is 41.5 Å². The van der Waals surface area contributed by atoms with Crippen molar-refractivity contribution >= 4 is 8.72 Å². The van der Waals surface area contributed by atoms with Crippen LogP contribution >= 0.6 is 0 Å². The maximum atomic E-state index is 6.91. The molecule has 0 aromatic carbocycles. The summed E-state index contributed by atoms with van der Waals surface area (Å²) < 4.78 is 7.44. The van der Waals surface area contributed by atoms with E-state index in [4.69, 9.17) is 5.40 Å². The second-order valence-corrected chi connectivity index (χ2v) is 7.48. The van der Waals surface area contributed by atoms with Crippen LogP contribution in [0.25, 0.3) is 0 Å². The van der Waals surface area contributed by atoms with Crippen LogP contribution in [0.3, 0.4) is 0 Å². The van der Waals surface area contributed by atoms with E-state index in [1.807, 2.05) is 0 Å². The first-order valence-electron chi connectivity index (χ1n) is 7.10. The molecule has 0 aliphatic carbocycles. The van der Waals surface area contributed by atoms with Crippen LogP contribution in [-0.2, 0) is 0 Å². The molecule has 0 saturated carbocycles. The lowest BCUT2D eigenvalue weighted by Gasteiger charge is -2.49. The fourth-order valence-corrected chi connectivity index (χ4v) is 6.66. The molecule has 2 N–H and O–H groups in total. The van der Waals surface area contributed by atoms with Crippen LogP contribution in [0.15, 0.2) is 0 Å². The van der Waals surface area contributed by atoms with E-state index in [1.165, 1.54) is 0 Å². The predicted molar refractivity (Wildman–Crippen MR) is 78.7 cm³/mol. The lowest BCUT2D eigenvalue weighted by molar-refractivity contribution is 0.262. The van der Waals surface area contributed by atoms with E-state index in [-0.39, 0.29) is 0 Å².